The molecule has 0 bridgehead atoms. The van der Waals surface area contributed by atoms with Gasteiger partial charge in [-0.05, 0) is 60.2 Å². The molecule has 4 nitrogen and oxygen atoms in total. The van der Waals surface area contributed by atoms with Gasteiger partial charge in [0.2, 0.25) is 5.13 Å². The van der Waals surface area contributed by atoms with E-state index in [1.807, 2.05) is 66.7 Å². The van der Waals surface area contributed by atoms with Gasteiger partial charge in [-0.1, -0.05) is 58.8 Å². The Labute approximate surface area is 203 Å². The average molecular weight is 496 g/mol. The molecule has 1 amide bonds. The highest BCUT2D eigenvalue weighted by Crippen LogP contribution is 2.34. The van der Waals surface area contributed by atoms with E-state index in [0.29, 0.717) is 32.2 Å². The number of anilines is 1. The van der Waals surface area contributed by atoms with E-state index >= 15 is 0 Å². The van der Waals surface area contributed by atoms with Crippen LogP contribution in [0.3, 0.4) is 0 Å². The molecule has 0 unspecified atom stereocenters. The molecule has 0 N–H and O–H groups in total. The highest BCUT2D eigenvalue weighted by atomic mass is 35.5. The molecule has 158 valence electrons. The fraction of sp³-hybridized carbons (Fsp3) is 0.0417. The van der Waals surface area contributed by atoms with Crippen LogP contribution in [0.2, 0.25) is 10.0 Å². The quantitative estimate of drug-likeness (QED) is 0.217. The number of amides is 1. The highest BCUT2D eigenvalue weighted by Gasteiger charge is 2.33. The molecule has 4 aromatic rings. The van der Waals surface area contributed by atoms with E-state index in [1.54, 1.807) is 23.9 Å². The number of rotatable bonds is 5. The van der Waals surface area contributed by atoms with Crippen molar-refractivity contribution in [1.82, 2.24) is 4.98 Å². The molecular formula is C24H15Cl2N3OS2. The van der Waals surface area contributed by atoms with Crippen molar-refractivity contribution in [3.63, 3.8) is 0 Å². The van der Waals surface area contributed by atoms with E-state index < -0.39 is 0 Å². The van der Waals surface area contributed by atoms with Crippen LogP contribution in [-0.2, 0) is 4.79 Å². The van der Waals surface area contributed by atoms with E-state index in [0.717, 1.165) is 20.7 Å². The second-order valence-corrected chi connectivity index (χ2v) is 9.91. The van der Waals surface area contributed by atoms with Crippen LogP contribution in [0.4, 0.5) is 5.13 Å². The Kier molecular flexibility index (Phi) is 6.02. The first-order valence-corrected chi connectivity index (χ1v) is 12.3. The van der Waals surface area contributed by atoms with Gasteiger partial charge in [-0.3, -0.25) is 4.79 Å². The molecule has 0 saturated carbocycles. The lowest BCUT2D eigenvalue weighted by atomic mass is 10.1. The number of benzene rings is 3. The summed E-state index contributed by atoms with van der Waals surface area (Å²) in [5, 5.41) is 7.97. The molecule has 2 heterocycles. The SMILES string of the molecule is O=C1/C(=C/c2ccc(Cl)cc2)C(CSc2ccc(Cl)cc2)=NN1c1nc2ccccc2s1. The van der Waals surface area contributed by atoms with Crippen molar-refractivity contribution in [1.29, 1.82) is 0 Å². The smallest absolute Gasteiger partial charge is 0.267 e. The van der Waals surface area contributed by atoms with Crippen LogP contribution in [-0.4, -0.2) is 22.4 Å². The Morgan fingerprint density at radius 3 is 2.34 bits per heavy atom. The van der Waals surface area contributed by atoms with E-state index in [1.165, 1.54) is 16.3 Å². The molecule has 3 aromatic carbocycles. The summed E-state index contributed by atoms with van der Waals surface area (Å²) in [6, 6.07) is 22.8. The summed E-state index contributed by atoms with van der Waals surface area (Å²) < 4.78 is 1.01. The number of aromatic nitrogens is 1. The summed E-state index contributed by atoms with van der Waals surface area (Å²) >= 11 is 15.1. The zero-order chi connectivity index (χ0) is 22.1. The van der Waals surface area contributed by atoms with Gasteiger partial charge in [0.15, 0.2) is 0 Å². The molecule has 1 aromatic heterocycles. The molecule has 1 aliphatic rings. The van der Waals surface area contributed by atoms with Gasteiger partial charge in [0.25, 0.3) is 5.91 Å². The van der Waals surface area contributed by atoms with Crippen molar-refractivity contribution < 1.29 is 4.79 Å². The number of thioether (sulfide) groups is 1. The largest absolute Gasteiger partial charge is 0.282 e. The first kappa shape index (κ1) is 21.2. The Balaban J connectivity index is 1.49. The summed E-state index contributed by atoms with van der Waals surface area (Å²) in [6.45, 7) is 0. The summed E-state index contributed by atoms with van der Waals surface area (Å²) in [7, 11) is 0. The normalized spacial score (nSPS) is 15.1. The average Bonchev–Trinajstić information content (AvgIpc) is 3.36. The van der Waals surface area contributed by atoms with Crippen molar-refractivity contribution in [2.45, 2.75) is 4.90 Å². The third-order valence-electron chi connectivity index (χ3n) is 4.79. The third-order valence-corrected chi connectivity index (χ3v) is 7.33. The number of hydrogen-bond acceptors (Lipinski definition) is 5. The van der Waals surface area contributed by atoms with Gasteiger partial charge in [0.1, 0.15) is 0 Å². The molecule has 0 saturated heterocycles. The zero-order valence-corrected chi connectivity index (χ0v) is 19.7. The Morgan fingerprint density at radius 1 is 0.938 bits per heavy atom. The maximum Gasteiger partial charge on any atom is 0.282 e. The van der Waals surface area contributed by atoms with Crippen molar-refractivity contribution in [3.05, 3.63) is 94.0 Å². The molecule has 0 aliphatic carbocycles. The first-order chi connectivity index (χ1) is 15.6. The van der Waals surface area contributed by atoms with Crippen LogP contribution in [0, 0.1) is 0 Å². The molecule has 0 fully saturated rings. The predicted octanol–water partition coefficient (Wildman–Crippen LogP) is 7.18. The zero-order valence-electron chi connectivity index (χ0n) is 16.5. The maximum absolute atomic E-state index is 13.4. The van der Waals surface area contributed by atoms with Gasteiger partial charge >= 0.3 is 0 Å². The van der Waals surface area contributed by atoms with Crippen LogP contribution < -0.4 is 5.01 Å². The summed E-state index contributed by atoms with van der Waals surface area (Å²) in [4.78, 5) is 19.0. The van der Waals surface area contributed by atoms with Gasteiger partial charge in [0, 0.05) is 20.7 Å². The highest BCUT2D eigenvalue weighted by molar-refractivity contribution is 8.00. The Bertz CT molecular complexity index is 1330. The number of hydrogen-bond donors (Lipinski definition) is 0. The number of halogens is 2. The maximum atomic E-state index is 13.4. The number of fused-ring (bicyclic) bond motifs is 1. The van der Waals surface area contributed by atoms with Crippen LogP contribution in [0.1, 0.15) is 5.56 Å². The van der Waals surface area contributed by atoms with Gasteiger partial charge in [-0.15, -0.1) is 11.8 Å². The molecular weight excluding hydrogens is 481 g/mol. The number of hydrazone groups is 1. The monoisotopic (exact) mass is 495 g/mol. The number of nitrogens with zero attached hydrogens (tertiary/aromatic N) is 3. The fourth-order valence-electron chi connectivity index (χ4n) is 3.20. The minimum atomic E-state index is -0.189. The first-order valence-electron chi connectivity index (χ1n) is 9.70. The molecule has 5 rings (SSSR count). The second kappa shape index (κ2) is 9.08. The lowest BCUT2D eigenvalue weighted by Gasteiger charge is -2.06. The van der Waals surface area contributed by atoms with E-state index in [9.17, 15) is 4.79 Å². The van der Waals surface area contributed by atoms with Crippen molar-refractivity contribution in [2.24, 2.45) is 5.10 Å². The molecule has 0 atom stereocenters. The van der Waals surface area contributed by atoms with Crippen LogP contribution >= 0.6 is 46.3 Å². The van der Waals surface area contributed by atoms with Crippen molar-refractivity contribution in [2.75, 3.05) is 10.8 Å². The minimum absolute atomic E-state index is 0.189. The molecule has 0 radical (unpaired) electrons. The number of carbonyl (C=O) groups is 1. The summed E-state index contributed by atoms with van der Waals surface area (Å²) in [5.74, 6) is 0.347. The lowest BCUT2D eigenvalue weighted by molar-refractivity contribution is -0.114. The molecule has 0 spiro atoms. The van der Waals surface area contributed by atoms with Crippen LogP contribution in [0.5, 0.6) is 0 Å². The number of thiazole rings is 1. The van der Waals surface area contributed by atoms with Gasteiger partial charge in [-0.2, -0.15) is 10.1 Å². The van der Waals surface area contributed by atoms with Gasteiger partial charge in [-0.25, -0.2) is 4.98 Å². The summed E-state index contributed by atoms with van der Waals surface area (Å²) in [5.41, 5.74) is 2.98. The predicted molar refractivity (Wildman–Crippen MR) is 136 cm³/mol. The van der Waals surface area contributed by atoms with Crippen molar-refractivity contribution in [3.8, 4) is 0 Å². The third kappa shape index (κ3) is 4.45. The minimum Gasteiger partial charge on any atom is -0.267 e. The Morgan fingerprint density at radius 2 is 1.62 bits per heavy atom. The van der Waals surface area contributed by atoms with E-state index in [2.05, 4.69) is 10.1 Å². The number of para-hydroxylation sites is 1. The van der Waals surface area contributed by atoms with Gasteiger partial charge in [0.05, 0.1) is 21.5 Å². The van der Waals surface area contributed by atoms with Crippen molar-refractivity contribution >= 4 is 79.3 Å². The molecule has 8 heteroatoms. The Hall–Kier alpha value is -2.64. The topological polar surface area (TPSA) is 45.6 Å². The fourth-order valence-corrected chi connectivity index (χ4v) is 5.21. The van der Waals surface area contributed by atoms with E-state index in [-0.39, 0.29) is 5.91 Å². The van der Waals surface area contributed by atoms with E-state index in [4.69, 9.17) is 23.2 Å². The van der Waals surface area contributed by atoms with Gasteiger partial charge < -0.3 is 0 Å². The second-order valence-electron chi connectivity index (χ2n) is 6.98. The molecule has 1 aliphatic heterocycles. The van der Waals surface area contributed by atoms with Crippen LogP contribution in [0.15, 0.2) is 88.4 Å². The summed E-state index contributed by atoms with van der Waals surface area (Å²) in [6.07, 6.45) is 1.85. The number of carbonyl (C=O) groups excluding carboxylic acids is 1. The molecule has 32 heavy (non-hydrogen) atoms. The standard InChI is InChI=1S/C24H15Cl2N3OS2/c25-16-7-5-15(6-8-16)13-19-21(14-31-18-11-9-17(26)10-12-18)28-29(23(19)30)24-27-20-3-1-2-4-22(20)32-24/h1-13H,14H2/b19-13+. The lowest BCUT2D eigenvalue weighted by Crippen LogP contribution is -2.21. The van der Waals surface area contributed by atoms with Crippen LogP contribution in [0.25, 0.3) is 16.3 Å².